The van der Waals surface area contributed by atoms with Crippen LogP contribution in [-0.2, 0) is 16.1 Å². The summed E-state index contributed by atoms with van der Waals surface area (Å²) < 4.78 is 5.83. The lowest BCUT2D eigenvalue weighted by atomic mass is 10.1. The number of hydrogen-bond donors (Lipinski definition) is 1. The number of rotatable bonds is 5. The molecule has 1 fully saturated rings. The number of ether oxygens (including phenoxy) is 1. The smallest absolute Gasteiger partial charge is 0.328 e. The molecule has 1 aromatic carbocycles. The van der Waals surface area contributed by atoms with Gasteiger partial charge in [0.1, 0.15) is 0 Å². The molecule has 3 nitrogen and oxygen atoms in total. The molecule has 1 N–H and O–H groups in total. The van der Waals surface area contributed by atoms with Crippen LogP contribution in [0.4, 0.5) is 0 Å². The number of carbonyl (C=O) groups is 1. The maximum Gasteiger partial charge on any atom is 0.328 e. The minimum atomic E-state index is -0.928. The van der Waals surface area contributed by atoms with Crippen LogP contribution >= 0.6 is 0 Å². The number of aliphatic carboxylic acids is 1. The van der Waals surface area contributed by atoms with Crippen molar-refractivity contribution in [2.24, 2.45) is 0 Å². The van der Waals surface area contributed by atoms with Crippen LogP contribution in [0.25, 0.3) is 6.08 Å². The van der Waals surface area contributed by atoms with E-state index in [-0.39, 0.29) is 0 Å². The van der Waals surface area contributed by atoms with Crippen LogP contribution in [0.3, 0.4) is 0 Å². The fraction of sp³-hybridized carbons (Fsp3) is 0.400. The standard InChI is InChI=1S/C15H18O3/c16-15(17)9-8-12-4-3-5-13(10-12)11-18-14-6-1-2-7-14/h3-5,8-10,14H,1-2,6-7,11H2,(H,16,17). The summed E-state index contributed by atoms with van der Waals surface area (Å²) in [7, 11) is 0. The van der Waals surface area contributed by atoms with Crippen molar-refractivity contribution in [2.75, 3.05) is 0 Å². The lowest BCUT2D eigenvalue weighted by molar-refractivity contribution is -0.131. The normalized spacial score (nSPS) is 16.4. The first kappa shape index (κ1) is 12.8. The number of benzene rings is 1. The van der Waals surface area contributed by atoms with Crippen LogP contribution in [-0.4, -0.2) is 17.2 Å². The molecule has 0 atom stereocenters. The second kappa shape index (κ2) is 6.36. The maximum absolute atomic E-state index is 10.4. The molecule has 0 amide bonds. The van der Waals surface area contributed by atoms with E-state index in [2.05, 4.69) is 0 Å². The Hall–Kier alpha value is -1.61. The predicted molar refractivity (Wildman–Crippen MR) is 70.2 cm³/mol. The van der Waals surface area contributed by atoms with E-state index in [1.165, 1.54) is 25.7 Å². The monoisotopic (exact) mass is 246 g/mol. The van der Waals surface area contributed by atoms with Crippen molar-refractivity contribution in [1.29, 1.82) is 0 Å². The van der Waals surface area contributed by atoms with E-state index in [1.54, 1.807) is 6.08 Å². The van der Waals surface area contributed by atoms with Gasteiger partial charge < -0.3 is 9.84 Å². The summed E-state index contributed by atoms with van der Waals surface area (Å²) in [6, 6.07) is 7.79. The highest BCUT2D eigenvalue weighted by Crippen LogP contribution is 2.22. The van der Waals surface area contributed by atoms with Gasteiger partial charge in [0.25, 0.3) is 0 Å². The largest absolute Gasteiger partial charge is 0.478 e. The second-order valence-corrected chi connectivity index (χ2v) is 4.63. The molecule has 0 spiro atoms. The van der Waals surface area contributed by atoms with Gasteiger partial charge in [0.15, 0.2) is 0 Å². The topological polar surface area (TPSA) is 46.5 Å². The molecule has 0 aliphatic heterocycles. The van der Waals surface area contributed by atoms with Gasteiger partial charge in [0.2, 0.25) is 0 Å². The molecule has 0 heterocycles. The molecule has 0 aromatic heterocycles. The fourth-order valence-electron chi connectivity index (χ4n) is 2.22. The Labute approximate surface area is 107 Å². The first-order chi connectivity index (χ1) is 8.74. The van der Waals surface area contributed by atoms with E-state index in [9.17, 15) is 4.79 Å². The maximum atomic E-state index is 10.4. The van der Waals surface area contributed by atoms with Crippen LogP contribution < -0.4 is 0 Å². The molecule has 0 unspecified atom stereocenters. The van der Waals surface area contributed by atoms with Crippen molar-refractivity contribution in [3.63, 3.8) is 0 Å². The van der Waals surface area contributed by atoms with Gasteiger partial charge in [-0.25, -0.2) is 4.79 Å². The molecule has 2 rings (SSSR count). The summed E-state index contributed by atoms with van der Waals surface area (Å²) in [5.74, 6) is -0.928. The van der Waals surface area contributed by atoms with Gasteiger partial charge in [-0.15, -0.1) is 0 Å². The van der Waals surface area contributed by atoms with E-state index >= 15 is 0 Å². The molecule has 1 aliphatic carbocycles. The Bertz CT molecular complexity index is 431. The first-order valence-electron chi connectivity index (χ1n) is 6.35. The fourth-order valence-corrected chi connectivity index (χ4v) is 2.22. The third-order valence-electron chi connectivity index (χ3n) is 3.16. The van der Waals surface area contributed by atoms with Gasteiger partial charge in [-0.2, -0.15) is 0 Å². The molecule has 18 heavy (non-hydrogen) atoms. The van der Waals surface area contributed by atoms with Crippen molar-refractivity contribution < 1.29 is 14.6 Å². The molecule has 1 aliphatic rings. The van der Waals surface area contributed by atoms with Crippen LogP contribution in [0.1, 0.15) is 36.8 Å². The van der Waals surface area contributed by atoms with Crippen LogP contribution in [0.5, 0.6) is 0 Å². The highest BCUT2D eigenvalue weighted by molar-refractivity contribution is 5.85. The van der Waals surface area contributed by atoms with Crippen LogP contribution in [0, 0.1) is 0 Å². The van der Waals surface area contributed by atoms with E-state index in [1.807, 2.05) is 24.3 Å². The molecule has 0 bridgehead atoms. The third kappa shape index (κ3) is 4.00. The van der Waals surface area contributed by atoms with Crippen molar-refractivity contribution in [2.45, 2.75) is 38.4 Å². The molecule has 0 radical (unpaired) electrons. The van der Waals surface area contributed by atoms with Crippen molar-refractivity contribution >= 4 is 12.0 Å². The van der Waals surface area contributed by atoms with E-state index in [0.717, 1.165) is 17.2 Å². The molecule has 0 saturated heterocycles. The van der Waals surface area contributed by atoms with Gasteiger partial charge in [-0.1, -0.05) is 31.0 Å². The van der Waals surface area contributed by atoms with Crippen LogP contribution in [0.2, 0.25) is 0 Å². The average Bonchev–Trinajstić information content (AvgIpc) is 2.87. The van der Waals surface area contributed by atoms with Crippen molar-refractivity contribution in [3.05, 3.63) is 41.5 Å². The van der Waals surface area contributed by atoms with E-state index in [0.29, 0.717) is 12.7 Å². The molecule has 1 saturated carbocycles. The second-order valence-electron chi connectivity index (χ2n) is 4.63. The van der Waals surface area contributed by atoms with Gasteiger partial charge in [-0.05, 0) is 36.1 Å². The van der Waals surface area contributed by atoms with Gasteiger partial charge in [-0.3, -0.25) is 0 Å². The minimum absolute atomic E-state index is 0.406. The summed E-state index contributed by atoms with van der Waals surface area (Å²) in [5, 5.41) is 8.58. The minimum Gasteiger partial charge on any atom is -0.478 e. The number of carboxylic acids is 1. The molecule has 96 valence electrons. The zero-order valence-electron chi connectivity index (χ0n) is 10.3. The predicted octanol–water partition coefficient (Wildman–Crippen LogP) is 3.24. The number of carboxylic acid groups (broad SMARTS) is 1. The molecular formula is C15H18O3. The SMILES string of the molecule is O=C(O)C=Cc1cccc(COC2CCCC2)c1. The van der Waals surface area contributed by atoms with Gasteiger partial charge in [0.05, 0.1) is 12.7 Å². The highest BCUT2D eigenvalue weighted by Gasteiger charge is 2.14. The van der Waals surface area contributed by atoms with Crippen LogP contribution in [0.15, 0.2) is 30.3 Å². The summed E-state index contributed by atoms with van der Waals surface area (Å²) in [6.07, 6.45) is 8.02. The average molecular weight is 246 g/mol. The van der Waals surface area contributed by atoms with E-state index in [4.69, 9.17) is 9.84 Å². The Morgan fingerprint density at radius 3 is 2.89 bits per heavy atom. The summed E-state index contributed by atoms with van der Waals surface area (Å²) >= 11 is 0. The lowest BCUT2D eigenvalue weighted by Gasteiger charge is -2.11. The summed E-state index contributed by atoms with van der Waals surface area (Å²) in [5.41, 5.74) is 1.99. The summed E-state index contributed by atoms with van der Waals surface area (Å²) in [4.78, 5) is 10.4. The summed E-state index contributed by atoms with van der Waals surface area (Å²) in [6.45, 7) is 0.611. The highest BCUT2D eigenvalue weighted by atomic mass is 16.5. The molecule has 1 aromatic rings. The van der Waals surface area contributed by atoms with Crippen molar-refractivity contribution in [3.8, 4) is 0 Å². The zero-order chi connectivity index (χ0) is 12.8. The first-order valence-corrected chi connectivity index (χ1v) is 6.35. The van der Waals surface area contributed by atoms with Gasteiger partial charge >= 0.3 is 5.97 Å². The van der Waals surface area contributed by atoms with E-state index < -0.39 is 5.97 Å². The quantitative estimate of drug-likeness (QED) is 0.811. The Balaban J connectivity index is 1.91. The Morgan fingerprint density at radius 1 is 1.39 bits per heavy atom. The molecular weight excluding hydrogens is 228 g/mol. The Morgan fingerprint density at radius 2 is 2.17 bits per heavy atom. The van der Waals surface area contributed by atoms with Crippen molar-refractivity contribution in [1.82, 2.24) is 0 Å². The van der Waals surface area contributed by atoms with Gasteiger partial charge in [0, 0.05) is 6.08 Å². The number of hydrogen-bond acceptors (Lipinski definition) is 2. The third-order valence-corrected chi connectivity index (χ3v) is 3.16. The Kier molecular flexibility index (Phi) is 4.53. The lowest BCUT2D eigenvalue weighted by Crippen LogP contribution is -2.07. The molecule has 3 heteroatoms. The zero-order valence-corrected chi connectivity index (χ0v) is 10.3.